The van der Waals surface area contributed by atoms with Crippen molar-refractivity contribution in [2.45, 2.75) is 44.0 Å². The number of nitrogens with one attached hydrogen (secondary N) is 1. The maximum atomic E-state index is 12.2. The van der Waals surface area contributed by atoms with Crippen molar-refractivity contribution in [3.05, 3.63) is 29.8 Å². The summed E-state index contributed by atoms with van der Waals surface area (Å²) in [5, 5.41) is 0. The highest BCUT2D eigenvalue weighted by atomic mass is 32.2. The maximum absolute atomic E-state index is 12.2. The summed E-state index contributed by atoms with van der Waals surface area (Å²) in [4.78, 5) is 11.3. The summed E-state index contributed by atoms with van der Waals surface area (Å²) < 4.78 is 26.8. The highest BCUT2D eigenvalue weighted by molar-refractivity contribution is 7.89. The normalized spacial score (nSPS) is 12.4. The van der Waals surface area contributed by atoms with E-state index in [1.54, 1.807) is 38.1 Å². The Labute approximate surface area is 108 Å². The average Bonchev–Trinajstić information content (AvgIpc) is 2.37. The summed E-state index contributed by atoms with van der Waals surface area (Å²) in [5.74, 6) is 0. The third-order valence-electron chi connectivity index (χ3n) is 3.16. The molecule has 0 unspecified atom stereocenters. The molecule has 1 rings (SSSR count). The molecule has 0 saturated heterocycles. The minimum Gasteiger partial charge on any atom is -0.301 e. The Balaban J connectivity index is 3.08. The van der Waals surface area contributed by atoms with Gasteiger partial charge in [0.1, 0.15) is 6.29 Å². The van der Waals surface area contributed by atoms with E-state index in [0.717, 1.165) is 5.56 Å². The molecule has 100 valence electrons. The first-order chi connectivity index (χ1) is 8.39. The molecule has 4 nitrogen and oxygen atoms in total. The molecular formula is C13H19NO3S. The minimum atomic E-state index is -3.65. The standard InChI is InChI=1S/C13H19NO3S/c1-4-13(5-2,10-15)14-18(16,17)12-8-6-11(3)7-9-12/h6-10,14H,4-5H2,1-3H3. The number of hydrogen-bond acceptors (Lipinski definition) is 3. The Hall–Kier alpha value is -1.20. The molecule has 0 aliphatic heterocycles. The first-order valence-corrected chi connectivity index (χ1v) is 7.44. The zero-order chi connectivity index (χ0) is 13.8. The van der Waals surface area contributed by atoms with E-state index >= 15 is 0 Å². The van der Waals surface area contributed by atoms with Gasteiger partial charge in [0.25, 0.3) is 0 Å². The number of carbonyl (C=O) groups is 1. The van der Waals surface area contributed by atoms with Crippen LogP contribution in [0.4, 0.5) is 0 Å². The van der Waals surface area contributed by atoms with Crippen LogP contribution in [-0.4, -0.2) is 20.2 Å². The number of rotatable bonds is 6. The summed E-state index contributed by atoms with van der Waals surface area (Å²) in [6.07, 6.45) is 1.54. The van der Waals surface area contributed by atoms with Gasteiger partial charge in [-0.3, -0.25) is 0 Å². The first-order valence-electron chi connectivity index (χ1n) is 5.96. The van der Waals surface area contributed by atoms with Crippen molar-refractivity contribution in [2.75, 3.05) is 0 Å². The highest BCUT2D eigenvalue weighted by Crippen LogP contribution is 2.18. The zero-order valence-electron chi connectivity index (χ0n) is 10.9. The predicted octanol–water partition coefficient (Wildman–Crippen LogP) is 2.03. The van der Waals surface area contributed by atoms with Crippen LogP contribution in [0.25, 0.3) is 0 Å². The average molecular weight is 269 g/mol. The molecule has 0 heterocycles. The summed E-state index contributed by atoms with van der Waals surface area (Å²) in [6.45, 7) is 5.46. The van der Waals surface area contributed by atoms with Gasteiger partial charge in [-0.1, -0.05) is 31.5 Å². The van der Waals surface area contributed by atoms with Gasteiger partial charge >= 0.3 is 0 Å². The fourth-order valence-corrected chi connectivity index (χ4v) is 3.11. The van der Waals surface area contributed by atoms with Gasteiger partial charge in [0, 0.05) is 0 Å². The second-order valence-electron chi connectivity index (χ2n) is 4.40. The molecule has 0 atom stereocenters. The molecule has 1 aromatic carbocycles. The van der Waals surface area contributed by atoms with Crippen LogP contribution in [-0.2, 0) is 14.8 Å². The molecule has 0 aliphatic carbocycles. The van der Waals surface area contributed by atoms with Crippen LogP contribution in [0.3, 0.4) is 0 Å². The van der Waals surface area contributed by atoms with Crippen LogP contribution < -0.4 is 4.72 Å². The Morgan fingerprint density at radius 2 is 1.67 bits per heavy atom. The van der Waals surface area contributed by atoms with E-state index in [-0.39, 0.29) is 4.90 Å². The lowest BCUT2D eigenvalue weighted by molar-refractivity contribution is -0.113. The van der Waals surface area contributed by atoms with Crippen molar-refractivity contribution < 1.29 is 13.2 Å². The number of benzene rings is 1. The second-order valence-corrected chi connectivity index (χ2v) is 6.08. The highest BCUT2D eigenvalue weighted by Gasteiger charge is 2.31. The maximum Gasteiger partial charge on any atom is 0.241 e. The van der Waals surface area contributed by atoms with Crippen LogP contribution in [0, 0.1) is 6.92 Å². The van der Waals surface area contributed by atoms with Crippen LogP contribution in [0.2, 0.25) is 0 Å². The van der Waals surface area contributed by atoms with Gasteiger partial charge in [0.2, 0.25) is 10.0 Å². The van der Waals surface area contributed by atoms with Gasteiger partial charge in [-0.25, -0.2) is 8.42 Å². The van der Waals surface area contributed by atoms with Crippen LogP contribution in [0.15, 0.2) is 29.2 Å². The molecule has 0 spiro atoms. The van der Waals surface area contributed by atoms with E-state index in [1.165, 1.54) is 0 Å². The van der Waals surface area contributed by atoms with Gasteiger partial charge in [-0.05, 0) is 31.9 Å². The zero-order valence-corrected chi connectivity index (χ0v) is 11.8. The Bertz CT molecular complexity index is 502. The monoisotopic (exact) mass is 269 g/mol. The first kappa shape index (κ1) is 14.9. The SMILES string of the molecule is CCC(C=O)(CC)NS(=O)(=O)c1ccc(C)cc1. The van der Waals surface area contributed by atoms with E-state index in [0.29, 0.717) is 19.1 Å². The molecule has 1 aromatic rings. The topological polar surface area (TPSA) is 63.2 Å². The lowest BCUT2D eigenvalue weighted by atomic mass is 9.97. The number of aldehydes is 1. The summed E-state index contributed by atoms with van der Waals surface area (Å²) in [6, 6.07) is 6.54. The molecule has 0 amide bonds. The molecule has 0 aromatic heterocycles. The van der Waals surface area contributed by atoms with Crippen molar-refractivity contribution in [1.29, 1.82) is 0 Å². The lowest BCUT2D eigenvalue weighted by Crippen LogP contribution is -2.48. The van der Waals surface area contributed by atoms with Gasteiger partial charge in [-0.2, -0.15) is 4.72 Å². The Kier molecular flexibility index (Phi) is 4.65. The van der Waals surface area contributed by atoms with E-state index in [4.69, 9.17) is 0 Å². The summed E-state index contributed by atoms with van der Waals surface area (Å²) >= 11 is 0. The molecule has 18 heavy (non-hydrogen) atoms. The van der Waals surface area contributed by atoms with Crippen LogP contribution in [0.1, 0.15) is 32.3 Å². The summed E-state index contributed by atoms with van der Waals surface area (Å²) in [7, 11) is -3.65. The van der Waals surface area contributed by atoms with Crippen molar-refractivity contribution in [1.82, 2.24) is 4.72 Å². The smallest absolute Gasteiger partial charge is 0.241 e. The molecule has 0 radical (unpaired) electrons. The largest absolute Gasteiger partial charge is 0.301 e. The molecular weight excluding hydrogens is 250 g/mol. The van der Waals surface area contributed by atoms with E-state index in [9.17, 15) is 13.2 Å². The van der Waals surface area contributed by atoms with E-state index in [2.05, 4.69) is 4.72 Å². The van der Waals surface area contributed by atoms with Crippen molar-refractivity contribution in [3.8, 4) is 0 Å². The van der Waals surface area contributed by atoms with Gasteiger partial charge in [0.15, 0.2) is 0 Å². The van der Waals surface area contributed by atoms with E-state index in [1.807, 2.05) is 6.92 Å². The molecule has 0 bridgehead atoms. The van der Waals surface area contributed by atoms with Gasteiger partial charge < -0.3 is 4.79 Å². The Morgan fingerprint density at radius 3 is 2.06 bits per heavy atom. The molecule has 5 heteroatoms. The van der Waals surface area contributed by atoms with E-state index < -0.39 is 15.6 Å². The molecule has 1 N–H and O–H groups in total. The fraction of sp³-hybridized carbons (Fsp3) is 0.462. The Morgan fingerprint density at radius 1 is 1.17 bits per heavy atom. The minimum absolute atomic E-state index is 0.182. The van der Waals surface area contributed by atoms with Gasteiger partial charge in [0.05, 0.1) is 10.4 Å². The fourth-order valence-electron chi connectivity index (χ4n) is 1.63. The lowest BCUT2D eigenvalue weighted by Gasteiger charge is -2.26. The van der Waals surface area contributed by atoms with Crippen LogP contribution >= 0.6 is 0 Å². The molecule has 0 aliphatic rings. The number of hydrogen-bond donors (Lipinski definition) is 1. The third kappa shape index (κ3) is 3.17. The summed E-state index contributed by atoms with van der Waals surface area (Å²) in [5.41, 5.74) is -0.0226. The molecule has 0 saturated carbocycles. The van der Waals surface area contributed by atoms with Crippen molar-refractivity contribution >= 4 is 16.3 Å². The van der Waals surface area contributed by atoms with Crippen molar-refractivity contribution in [3.63, 3.8) is 0 Å². The van der Waals surface area contributed by atoms with Crippen LogP contribution in [0.5, 0.6) is 0 Å². The number of sulfonamides is 1. The van der Waals surface area contributed by atoms with Crippen molar-refractivity contribution in [2.24, 2.45) is 0 Å². The second kappa shape index (κ2) is 5.63. The number of aryl methyl sites for hydroxylation is 1. The molecule has 0 fully saturated rings. The quantitative estimate of drug-likeness (QED) is 0.804. The number of carbonyl (C=O) groups excluding carboxylic acids is 1. The predicted molar refractivity (Wildman–Crippen MR) is 70.9 cm³/mol. The van der Waals surface area contributed by atoms with Gasteiger partial charge in [-0.15, -0.1) is 0 Å². The third-order valence-corrected chi connectivity index (χ3v) is 4.72.